The van der Waals surface area contributed by atoms with Crippen LogP contribution in [-0.2, 0) is 0 Å². The van der Waals surface area contributed by atoms with E-state index in [1.54, 1.807) is 0 Å². The molecule has 0 radical (unpaired) electrons. The molecule has 1 aromatic carbocycles. The van der Waals surface area contributed by atoms with Gasteiger partial charge in [-0.05, 0) is 47.5 Å². The Balaban J connectivity index is 2.29. The maximum Gasteiger partial charge on any atom is 0.173 e. The molecule has 0 atom stereocenters. The molecule has 2 aromatic heterocycles. The first-order chi connectivity index (χ1) is 9.90. The molecule has 0 amide bonds. The second-order valence-electron chi connectivity index (χ2n) is 4.62. The number of anilines is 1. The van der Waals surface area contributed by atoms with Gasteiger partial charge in [-0.25, -0.2) is 18.7 Å². The fourth-order valence-corrected chi connectivity index (χ4v) is 3.64. The van der Waals surface area contributed by atoms with E-state index in [-0.39, 0.29) is 10.3 Å². The molecule has 3 rings (SSSR count). The molecule has 3 aromatic rings. The summed E-state index contributed by atoms with van der Waals surface area (Å²) < 4.78 is 26.8. The van der Waals surface area contributed by atoms with Crippen molar-refractivity contribution in [2.75, 3.05) is 5.73 Å². The number of aromatic nitrogens is 2. The van der Waals surface area contributed by atoms with Crippen molar-refractivity contribution in [3.63, 3.8) is 0 Å². The van der Waals surface area contributed by atoms with Crippen molar-refractivity contribution in [1.29, 1.82) is 0 Å². The molecule has 0 aliphatic rings. The Bertz CT molecular complexity index is 877. The molecular formula is C14H10BrF2N3S. The number of thiophene rings is 1. The lowest BCUT2D eigenvalue weighted by molar-refractivity contribution is 0.504. The van der Waals surface area contributed by atoms with Gasteiger partial charge in [0.25, 0.3) is 0 Å². The lowest BCUT2D eigenvalue weighted by atomic mass is 10.1. The number of benzene rings is 1. The number of hydrogen-bond acceptors (Lipinski definition) is 4. The van der Waals surface area contributed by atoms with Crippen molar-refractivity contribution < 1.29 is 8.78 Å². The molecule has 3 nitrogen and oxygen atoms in total. The van der Waals surface area contributed by atoms with E-state index in [0.717, 1.165) is 26.7 Å². The maximum atomic E-state index is 13.7. The van der Waals surface area contributed by atoms with Crippen molar-refractivity contribution in [1.82, 2.24) is 9.97 Å². The molecule has 0 fully saturated rings. The van der Waals surface area contributed by atoms with Crippen LogP contribution >= 0.6 is 27.3 Å². The Morgan fingerprint density at radius 1 is 1.19 bits per heavy atom. The quantitative estimate of drug-likeness (QED) is 0.637. The molecule has 0 unspecified atom stereocenters. The Morgan fingerprint density at radius 2 is 1.90 bits per heavy atom. The third-order valence-electron chi connectivity index (χ3n) is 3.33. The van der Waals surface area contributed by atoms with E-state index in [1.807, 2.05) is 13.8 Å². The van der Waals surface area contributed by atoms with Gasteiger partial charge in [0.2, 0.25) is 0 Å². The summed E-state index contributed by atoms with van der Waals surface area (Å²) >= 11 is 4.54. The summed E-state index contributed by atoms with van der Waals surface area (Å²) in [6.07, 6.45) is 0. The summed E-state index contributed by atoms with van der Waals surface area (Å²) in [5.74, 6) is -1.28. The fourth-order valence-electron chi connectivity index (χ4n) is 2.10. The predicted octanol–water partition coefficient (Wildman–Crippen LogP) is 4.60. The Labute approximate surface area is 132 Å². The van der Waals surface area contributed by atoms with Gasteiger partial charge in [0.1, 0.15) is 10.6 Å². The highest BCUT2D eigenvalue weighted by Crippen LogP contribution is 2.36. The Morgan fingerprint density at radius 3 is 2.62 bits per heavy atom. The highest BCUT2D eigenvalue weighted by Gasteiger charge is 2.18. The third kappa shape index (κ3) is 2.20. The number of halogens is 3. The van der Waals surface area contributed by atoms with Crippen LogP contribution in [0, 0.1) is 25.5 Å². The second kappa shape index (κ2) is 4.99. The topological polar surface area (TPSA) is 51.8 Å². The van der Waals surface area contributed by atoms with Gasteiger partial charge in [0, 0.05) is 10.4 Å². The predicted molar refractivity (Wildman–Crippen MR) is 84.4 cm³/mol. The summed E-state index contributed by atoms with van der Waals surface area (Å²) in [5, 5.41) is 0.819. The molecule has 2 N–H and O–H groups in total. The molecule has 21 heavy (non-hydrogen) atoms. The first-order valence-corrected chi connectivity index (χ1v) is 7.68. The van der Waals surface area contributed by atoms with Gasteiger partial charge in [-0.15, -0.1) is 11.3 Å². The minimum absolute atomic E-state index is 0.00810. The SMILES string of the molecule is Cc1sc2nc(-c3ccc(F)c(F)c3Br)nc(N)c2c1C. The van der Waals surface area contributed by atoms with Gasteiger partial charge in [-0.2, -0.15) is 0 Å². The van der Waals surface area contributed by atoms with E-state index in [4.69, 9.17) is 5.73 Å². The van der Waals surface area contributed by atoms with E-state index >= 15 is 0 Å². The summed E-state index contributed by atoms with van der Waals surface area (Å²) in [7, 11) is 0. The summed E-state index contributed by atoms with van der Waals surface area (Å²) in [4.78, 5) is 10.5. The van der Waals surface area contributed by atoms with Crippen LogP contribution in [0.2, 0.25) is 0 Å². The van der Waals surface area contributed by atoms with Crippen LogP contribution in [0.4, 0.5) is 14.6 Å². The number of aryl methyl sites for hydroxylation is 2. The zero-order valence-corrected chi connectivity index (χ0v) is 13.6. The van der Waals surface area contributed by atoms with Gasteiger partial charge < -0.3 is 5.73 Å². The van der Waals surface area contributed by atoms with E-state index in [0.29, 0.717) is 11.4 Å². The van der Waals surface area contributed by atoms with Crippen molar-refractivity contribution >= 4 is 43.3 Å². The van der Waals surface area contributed by atoms with E-state index < -0.39 is 11.6 Å². The maximum absolute atomic E-state index is 13.7. The highest BCUT2D eigenvalue weighted by atomic mass is 79.9. The van der Waals surface area contributed by atoms with Crippen LogP contribution in [0.25, 0.3) is 21.6 Å². The molecule has 2 heterocycles. The van der Waals surface area contributed by atoms with Crippen molar-refractivity contribution in [3.05, 3.63) is 38.7 Å². The summed E-state index contributed by atoms with van der Waals surface area (Å²) in [6.45, 7) is 3.94. The van der Waals surface area contributed by atoms with E-state index in [2.05, 4.69) is 25.9 Å². The molecular weight excluding hydrogens is 360 g/mol. The molecule has 0 spiro atoms. The number of fused-ring (bicyclic) bond motifs is 1. The average molecular weight is 370 g/mol. The zero-order valence-electron chi connectivity index (χ0n) is 11.2. The van der Waals surface area contributed by atoms with Crippen molar-refractivity contribution in [2.24, 2.45) is 0 Å². The fraction of sp³-hybridized carbons (Fsp3) is 0.143. The van der Waals surface area contributed by atoms with Crippen LogP contribution in [0.5, 0.6) is 0 Å². The van der Waals surface area contributed by atoms with Gasteiger partial charge >= 0.3 is 0 Å². The van der Waals surface area contributed by atoms with Crippen molar-refractivity contribution in [2.45, 2.75) is 13.8 Å². The largest absolute Gasteiger partial charge is 0.383 e. The number of rotatable bonds is 1. The lowest BCUT2D eigenvalue weighted by Gasteiger charge is -2.06. The summed E-state index contributed by atoms with van der Waals surface area (Å²) in [5.41, 5.74) is 7.41. The molecule has 0 saturated carbocycles. The van der Waals surface area contributed by atoms with Crippen LogP contribution in [0.1, 0.15) is 10.4 Å². The lowest BCUT2D eigenvalue weighted by Crippen LogP contribution is -1.99. The monoisotopic (exact) mass is 369 g/mol. The molecule has 0 aliphatic heterocycles. The minimum atomic E-state index is -0.965. The first kappa shape index (κ1) is 14.3. The second-order valence-corrected chi connectivity index (χ2v) is 6.61. The normalized spacial score (nSPS) is 11.3. The van der Waals surface area contributed by atoms with Crippen LogP contribution < -0.4 is 5.73 Å². The highest BCUT2D eigenvalue weighted by molar-refractivity contribution is 9.10. The zero-order chi connectivity index (χ0) is 15.3. The van der Waals surface area contributed by atoms with Crippen LogP contribution in [-0.4, -0.2) is 9.97 Å². The molecule has 7 heteroatoms. The molecule has 108 valence electrons. The molecule has 0 aliphatic carbocycles. The molecule has 0 bridgehead atoms. The standard InChI is InChI=1S/C14H10BrF2N3S/c1-5-6(2)21-14-9(5)12(18)19-13(20-14)7-3-4-8(16)11(17)10(7)15/h3-4H,1-2H3,(H2,18,19,20). The number of nitrogen functional groups attached to an aromatic ring is 1. The third-order valence-corrected chi connectivity index (χ3v) is 5.21. The Kier molecular flexibility index (Phi) is 3.41. The van der Waals surface area contributed by atoms with Gasteiger partial charge in [-0.1, -0.05) is 0 Å². The number of hydrogen-bond donors (Lipinski definition) is 1. The number of nitrogens with two attached hydrogens (primary N) is 1. The summed E-state index contributed by atoms with van der Waals surface area (Å²) in [6, 6.07) is 2.47. The van der Waals surface area contributed by atoms with E-state index in [9.17, 15) is 8.78 Å². The van der Waals surface area contributed by atoms with Gasteiger partial charge in [0.05, 0.1) is 9.86 Å². The van der Waals surface area contributed by atoms with E-state index in [1.165, 1.54) is 17.4 Å². The van der Waals surface area contributed by atoms with Crippen LogP contribution in [0.3, 0.4) is 0 Å². The van der Waals surface area contributed by atoms with Crippen LogP contribution in [0.15, 0.2) is 16.6 Å². The van der Waals surface area contributed by atoms with Crippen molar-refractivity contribution in [3.8, 4) is 11.4 Å². The Hall–Kier alpha value is -1.60. The average Bonchev–Trinajstić information content (AvgIpc) is 2.72. The first-order valence-electron chi connectivity index (χ1n) is 6.07. The van der Waals surface area contributed by atoms with Gasteiger partial charge in [-0.3, -0.25) is 0 Å². The molecule has 0 saturated heterocycles. The smallest absolute Gasteiger partial charge is 0.173 e. The minimum Gasteiger partial charge on any atom is -0.383 e. The number of nitrogens with zero attached hydrogens (tertiary/aromatic N) is 2. The van der Waals surface area contributed by atoms with Gasteiger partial charge in [0.15, 0.2) is 17.5 Å².